The number of carboxylic acid groups (broad SMARTS) is 1. The maximum atomic E-state index is 10.5. The maximum Gasteiger partial charge on any atom is 0.307 e. The second-order valence-electron chi connectivity index (χ2n) is 3.21. The SMILES string of the molecule is NCCNc1ccc(CC(=O)O)cc1N. The molecule has 0 aliphatic carbocycles. The minimum absolute atomic E-state index is 0.0125. The number of hydrogen-bond acceptors (Lipinski definition) is 4. The number of benzene rings is 1. The summed E-state index contributed by atoms with van der Waals surface area (Å²) >= 11 is 0. The van der Waals surface area contributed by atoms with Gasteiger partial charge in [0.05, 0.1) is 17.8 Å². The summed E-state index contributed by atoms with van der Waals surface area (Å²) in [5, 5.41) is 11.6. The molecule has 0 amide bonds. The molecule has 1 aromatic rings. The van der Waals surface area contributed by atoms with Crippen LogP contribution in [0.2, 0.25) is 0 Å². The first-order valence-electron chi connectivity index (χ1n) is 4.67. The van der Waals surface area contributed by atoms with Gasteiger partial charge in [-0.2, -0.15) is 0 Å². The van der Waals surface area contributed by atoms with Crippen molar-refractivity contribution in [1.29, 1.82) is 0 Å². The van der Waals surface area contributed by atoms with E-state index < -0.39 is 5.97 Å². The molecule has 15 heavy (non-hydrogen) atoms. The Morgan fingerprint density at radius 2 is 2.20 bits per heavy atom. The highest BCUT2D eigenvalue weighted by Gasteiger charge is 2.03. The van der Waals surface area contributed by atoms with Crippen molar-refractivity contribution in [3.8, 4) is 0 Å². The van der Waals surface area contributed by atoms with E-state index in [1.54, 1.807) is 18.2 Å². The number of carboxylic acids is 1. The Bertz CT molecular complexity index is 353. The standard InChI is InChI=1S/C10H15N3O2/c11-3-4-13-9-2-1-7(5-8(9)12)6-10(14)15/h1-2,5,13H,3-4,6,11-12H2,(H,14,15). The molecule has 0 fully saturated rings. The molecule has 1 rings (SSSR count). The van der Waals surface area contributed by atoms with Crippen molar-refractivity contribution >= 4 is 17.3 Å². The third kappa shape index (κ3) is 3.47. The van der Waals surface area contributed by atoms with Crippen LogP contribution in [0.4, 0.5) is 11.4 Å². The molecule has 5 nitrogen and oxygen atoms in total. The molecule has 0 aliphatic rings. The summed E-state index contributed by atoms with van der Waals surface area (Å²) in [6.07, 6.45) is -0.0125. The molecule has 82 valence electrons. The van der Waals surface area contributed by atoms with E-state index in [9.17, 15) is 4.79 Å². The molecule has 0 bridgehead atoms. The Kier molecular flexibility index (Phi) is 3.93. The first-order valence-corrected chi connectivity index (χ1v) is 4.67. The predicted octanol–water partition coefficient (Wildman–Crippen LogP) is 0.266. The minimum Gasteiger partial charge on any atom is -0.481 e. The molecular formula is C10H15N3O2. The van der Waals surface area contributed by atoms with Crippen LogP contribution in [-0.4, -0.2) is 24.2 Å². The van der Waals surface area contributed by atoms with Gasteiger partial charge in [-0.3, -0.25) is 4.79 Å². The second kappa shape index (κ2) is 5.21. The average molecular weight is 209 g/mol. The van der Waals surface area contributed by atoms with Gasteiger partial charge in [0.2, 0.25) is 0 Å². The van der Waals surface area contributed by atoms with Crippen molar-refractivity contribution in [3.63, 3.8) is 0 Å². The van der Waals surface area contributed by atoms with Gasteiger partial charge in [-0.05, 0) is 17.7 Å². The van der Waals surface area contributed by atoms with E-state index >= 15 is 0 Å². The van der Waals surface area contributed by atoms with E-state index in [1.807, 2.05) is 0 Å². The van der Waals surface area contributed by atoms with Gasteiger partial charge in [-0.15, -0.1) is 0 Å². The van der Waals surface area contributed by atoms with Crippen LogP contribution in [0, 0.1) is 0 Å². The zero-order chi connectivity index (χ0) is 11.3. The third-order valence-electron chi connectivity index (χ3n) is 1.93. The largest absolute Gasteiger partial charge is 0.481 e. The Labute approximate surface area is 88.1 Å². The number of anilines is 2. The second-order valence-corrected chi connectivity index (χ2v) is 3.21. The van der Waals surface area contributed by atoms with Crippen molar-refractivity contribution in [3.05, 3.63) is 23.8 Å². The van der Waals surface area contributed by atoms with Crippen LogP contribution in [-0.2, 0) is 11.2 Å². The number of rotatable bonds is 5. The molecule has 0 radical (unpaired) electrons. The summed E-state index contributed by atoms with van der Waals surface area (Å²) in [5.74, 6) is -0.864. The Balaban J connectivity index is 2.74. The van der Waals surface area contributed by atoms with Gasteiger partial charge in [0.1, 0.15) is 0 Å². The van der Waals surface area contributed by atoms with E-state index in [1.165, 1.54) is 0 Å². The lowest BCUT2D eigenvalue weighted by Gasteiger charge is -2.09. The predicted molar refractivity (Wildman–Crippen MR) is 59.7 cm³/mol. The molecule has 0 aliphatic heterocycles. The third-order valence-corrected chi connectivity index (χ3v) is 1.93. The lowest BCUT2D eigenvalue weighted by atomic mass is 10.1. The van der Waals surface area contributed by atoms with Crippen molar-refractivity contribution in [2.75, 3.05) is 24.1 Å². The minimum atomic E-state index is -0.864. The Hall–Kier alpha value is -1.75. The average Bonchev–Trinajstić information content (AvgIpc) is 2.15. The number of nitrogens with two attached hydrogens (primary N) is 2. The maximum absolute atomic E-state index is 10.5. The van der Waals surface area contributed by atoms with E-state index in [-0.39, 0.29) is 6.42 Å². The number of carbonyl (C=O) groups is 1. The van der Waals surface area contributed by atoms with Crippen LogP contribution in [0.25, 0.3) is 0 Å². The molecule has 0 heterocycles. The quantitative estimate of drug-likeness (QED) is 0.521. The molecular weight excluding hydrogens is 194 g/mol. The van der Waals surface area contributed by atoms with Crippen molar-refractivity contribution < 1.29 is 9.90 Å². The molecule has 0 unspecified atom stereocenters. The van der Waals surface area contributed by atoms with Crippen molar-refractivity contribution in [2.45, 2.75) is 6.42 Å². The Morgan fingerprint density at radius 3 is 2.73 bits per heavy atom. The fourth-order valence-electron chi connectivity index (χ4n) is 1.26. The van der Waals surface area contributed by atoms with E-state index in [0.717, 1.165) is 5.69 Å². The summed E-state index contributed by atoms with van der Waals surface area (Å²) in [6.45, 7) is 1.17. The molecule has 0 saturated heterocycles. The molecule has 0 spiro atoms. The monoisotopic (exact) mass is 209 g/mol. The fourth-order valence-corrected chi connectivity index (χ4v) is 1.26. The normalized spacial score (nSPS) is 9.93. The van der Waals surface area contributed by atoms with Gasteiger partial charge in [0.25, 0.3) is 0 Å². The highest BCUT2D eigenvalue weighted by molar-refractivity contribution is 5.73. The molecule has 0 saturated carbocycles. The summed E-state index contributed by atoms with van der Waals surface area (Å²) in [6, 6.07) is 5.17. The van der Waals surface area contributed by atoms with Crippen LogP contribution in [0.5, 0.6) is 0 Å². The van der Waals surface area contributed by atoms with Crippen LogP contribution >= 0.6 is 0 Å². The van der Waals surface area contributed by atoms with Crippen molar-refractivity contribution in [1.82, 2.24) is 0 Å². The topological polar surface area (TPSA) is 101 Å². The van der Waals surface area contributed by atoms with Gasteiger partial charge in [0.15, 0.2) is 0 Å². The van der Waals surface area contributed by atoms with Gasteiger partial charge in [-0.25, -0.2) is 0 Å². The molecule has 6 N–H and O–H groups in total. The van der Waals surface area contributed by atoms with Crippen LogP contribution in [0.15, 0.2) is 18.2 Å². The zero-order valence-corrected chi connectivity index (χ0v) is 8.36. The van der Waals surface area contributed by atoms with E-state index in [0.29, 0.717) is 24.3 Å². The number of hydrogen-bond donors (Lipinski definition) is 4. The van der Waals surface area contributed by atoms with Gasteiger partial charge in [-0.1, -0.05) is 6.07 Å². The molecule has 0 aromatic heterocycles. The first-order chi connectivity index (χ1) is 7.13. The summed E-state index contributed by atoms with van der Waals surface area (Å²) in [4.78, 5) is 10.5. The van der Waals surface area contributed by atoms with Crippen LogP contribution < -0.4 is 16.8 Å². The lowest BCUT2D eigenvalue weighted by molar-refractivity contribution is -0.136. The van der Waals surface area contributed by atoms with Crippen LogP contribution in [0.3, 0.4) is 0 Å². The molecule has 0 atom stereocenters. The fraction of sp³-hybridized carbons (Fsp3) is 0.300. The lowest BCUT2D eigenvalue weighted by Crippen LogP contribution is -2.14. The number of aliphatic carboxylic acids is 1. The molecule has 1 aromatic carbocycles. The van der Waals surface area contributed by atoms with Crippen molar-refractivity contribution in [2.24, 2.45) is 5.73 Å². The van der Waals surface area contributed by atoms with Gasteiger partial charge < -0.3 is 21.9 Å². The number of nitrogens with one attached hydrogen (secondary N) is 1. The smallest absolute Gasteiger partial charge is 0.307 e. The van der Waals surface area contributed by atoms with Gasteiger partial charge in [0, 0.05) is 13.1 Å². The molecule has 5 heteroatoms. The van der Waals surface area contributed by atoms with Crippen LogP contribution in [0.1, 0.15) is 5.56 Å². The van der Waals surface area contributed by atoms with E-state index in [4.69, 9.17) is 16.6 Å². The summed E-state index contributed by atoms with van der Waals surface area (Å²) in [7, 11) is 0. The number of nitrogen functional groups attached to an aromatic ring is 1. The highest BCUT2D eigenvalue weighted by atomic mass is 16.4. The zero-order valence-electron chi connectivity index (χ0n) is 8.36. The van der Waals surface area contributed by atoms with E-state index in [2.05, 4.69) is 5.32 Å². The highest BCUT2D eigenvalue weighted by Crippen LogP contribution is 2.19. The first kappa shape index (κ1) is 11.3. The summed E-state index contributed by atoms with van der Waals surface area (Å²) in [5.41, 5.74) is 13.1. The Morgan fingerprint density at radius 1 is 1.47 bits per heavy atom. The van der Waals surface area contributed by atoms with Gasteiger partial charge >= 0.3 is 5.97 Å². The summed E-state index contributed by atoms with van der Waals surface area (Å²) < 4.78 is 0.